The van der Waals surface area contributed by atoms with E-state index in [-0.39, 0.29) is 12.0 Å². The van der Waals surface area contributed by atoms with Crippen LogP contribution in [-0.2, 0) is 0 Å². The molecule has 0 aromatic carbocycles. The van der Waals surface area contributed by atoms with Gasteiger partial charge in [-0.25, -0.2) is 4.68 Å². The number of nitrogens with two attached hydrogens (primary N) is 1. The molecule has 2 aromatic rings. The molecule has 2 heterocycles. The standard InChI is InChI=1S/C12H19N7/c1-4-8(2)9(3)15-11-16-10(13)17-12(18-11)19-7-5-6-14-19/h5-9H,4H2,1-3H3,(H3,13,15,16,17,18). The van der Waals surface area contributed by atoms with Crippen molar-refractivity contribution in [3.63, 3.8) is 0 Å². The molecule has 102 valence electrons. The summed E-state index contributed by atoms with van der Waals surface area (Å²) >= 11 is 0. The van der Waals surface area contributed by atoms with Crippen LogP contribution in [-0.4, -0.2) is 30.8 Å². The molecule has 0 saturated carbocycles. The van der Waals surface area contributed by atoms with E-state index >= 15 is 0 Å². The van der Waals surface area contributed by atoms with Crippen molar-refractivity contribution in [2.75, 3.05) is 11.1 Å². The summed E-state index contributed by atoms with van der Waals surface area (Å²) in [6.45, 7) is 6.43. The fraction of sp³-hybridized carbons (Fsp3) is 0.500. The third kappa shape index (κ3) is 3.18. The molecule has 2 atom stereocenters. The highest BCUT2D eigenvalue weighted by Gasteiger charge is 2.13. The molecule has 0 saturated heterocycles. The fourth-order valence-electron chi connectivity index (χ4n) is 1.63. The molecule has 19 heavy (non-hydrogen) atoms. The Morgan fingerprint density at radius 3 is 2.74 bits per heavy atom. The van der Waals surface area contributed by atoms with Gasteiger partial charge in [-0.1, -0.05) is 20.3 Å². The van der Waals surface area contributed by atoms with E-state index in [1.807, 2.05) is 0 Å². The predicted molar refractivity (Wildman–Crippen MR) is 73.9 cm³/mol. The van der Waals surface area contributed by atoms with Crippen LogP contribution in [0, 0.1) is 5.92 Å². The van der Waals surface area contributed by atoms with Crippen molar-refractivity contribution in [1.29, 1.82) is 0 Å². The van der Waals surface area contributed by atoms with E-state index in [0.717, 1.165) is 6.42 Å². The molecule has 0 radical (unpaired) electrons. The van der Waals surface area contributed by atoms with Gasteiger partial charge in [-0.3, -0.25) is 0 Å². The molecule has 0 spiro atoms. The number of aromatic nitrogens is 5. The first-order valence-electron chi connectivity index (χ1n) is 6.38. The van der Waals surface area contributed by atoms with Crippen molar-refractivity contribution < 1.29 is 0 Å². The van der Waals surface area contributed by atoms with E-state index in [1.54, 1.807) is 23.1 Å². The van der Waals surface area contributed by atoms with Gasteiger partial charge in [-0.05, 0) is 18.9 Å². The summed E-state index contributed by atoms with van der Waals surface area (Å²) in [5, 5.41) is 7.33. The lowest BCUT2D eigenvalue weighted by Crippen LogP contribution is -2.25. The van der Waals surface area contributed by atoms with Crippen LogP contribution in [0.4, 0.5) is 11.9 Å². The SMILES string of the molecule is CCC(C)C(C)Nc1nc(N)nc(-n2cccn2)n1. The van der Waals surface area contributed by atoms with Gasteiger partial charge in [0.1, 0.15) is 0 Å². The minimum atomic E-state index is 0.180. The molecule has 2 aromatic heterocycles. The van der Waals surface area contributed by atoms with Crippen LogP contribution < -0.4 is 11.1 Å². The number of anilines is 2. The molecule has 0 aliphatic rings. The van der Waals surface area contributed by atoms with Crippen LogP contribution in [0.3, 0.4) is 0 Å². The number of hydrogen-bond donors (Lipinski definition) is 2. The van der Waals surface area contributed by atoms with Crippen LogP contribution in [0.15, 0.2) is 18.5 Å². The second-order valence-electron chi connectivity index (χ2n) is 4.59. The van der Waals surface area contributed by atoms with Crippen LogP contribution in [0.2, 0.25) is 0 Å². The van der Waals surface area contributed by atoms with E-state index in [1.165, 1.54) is 0 Å². The molecule has 7 nitrogen and oxygen atoms in total. The van der Waals surface area contributed by atoms with E-state index in [0.29, 0.717) is 17.8 Å². The van der Waals surface area contributed by atoms with Gasteiger partial charge < -0.3 is 11.1 Å². The average Bonchev–Trinajstić information content (AvgIpc) is 2.90. The number of nitrogen functional groups attached to an aromatic ring is 1. The Bertz CT molecular complexity index is 523. The third-order valence-electron chi connectivity index (χ3n) is 3.20. The molecule has 0 aliphatic carbocycles. The summed E-state index contributed by atoms with van der Waals surface area (Å²) in [6.07, 6.45) is 4.51. The third-order valence-corrected chi connectivity index (χ3v) is 3.20. The lowest BCUT2D eigenvalue weighted by atomic mass is 10.0. The molecule has 7 heteroatoms. The van der Waals surface area contributed by atoms with Gasteiger partial charge in [-0.2, -0.15) is 20.1 Å². The molecular formula is C12H19N7. The highest BCUT2D eigenvalue weighted by Crippen LogP contribution is 2.13. The van der Waals surface area contributed by atoms with Crippen LogP contribution in [0.1, 0.15) is 27.2 Å². The smallest absolute Gasteiger partial charge is 0.257 e. The Balaban J connectivity index is 2.22. The van der Waals surface area contributed by atoms with Crippen LogP contribution in [0.5, 0.6) is 0 Å². The number of rotatable bonds is 5. The highest BCUT2D eigenvalue weighted by atomic mass is 15.4. The maximum Gasteiger partial charge on any atom is 0.257 e. The van der Waals surface area contributed by atoms with Gasteiger partial charge in [0.15, 0.2) is 0 Å². The second kappa shape index (κ2) is 5.64. The van der Waals surface area contributed by atoms with Crippen molar-refractivity contribution in [2.45, 2.75) is 33.2 Å². The van der Waals surface area contributed by atoms with Gasteiger partial charge in [0.25, 0.3) is 5.95 Å². The van der Waals surface area contributed by atoms with Crippen molar-refractivity contribution in [3.05, 3.63) is 18.5 Å². The summed E-state index contributed by atoms with van der Waals surface area (Å²) in [7, 11) is 0. The molecule has 0 aliphatic heterocycles. The molecule has 3 N–H and O–H groups in total. The summed E-state index contributed by atoms with van der Waals surface area (Å²) in [5.74, 6) is 1.59. The average molecular weight is 261 g/mol. The van der Waals surface area contributed by atoms with E-state index in [9.17, 15) is 0 Å². The monoisotopic (exact) mass is 261 g/mol. The topological polar surface area (TPSA) is 94.5 Å². The zero-order valence-electron chi connectivity index (χ0n) is 11.4. The molecule has 0 bridgehead atoms. The minimum Gasteiger partial charge on any atom is -0.368 e. The van der Waals surface area contributed by atoms with E-state index < -0.39 is 0 Å². The van der Waals surface area contributed by atoms with E-state index in [4.69, 9.17) is 5.73 Å². The normalized spacial score (nSPS) is 14.1. The van der Waals surface area contributed by atoms with Gasteiger partial charge in [0.2, 0.25) is 11.9 Å². The van der Waals surface area contributed by atoms with Gasteiger partial charge in [0, 0.05) is 18.4 Å². The molecule has 0 fully saturated rings. The Hall–Kier alpha value is -2.18. The van der Waals surface area contributed by atoms with Crippen molar-refractivity contribution in [1.82, 2.24) is 24.7 Å². The minimum absolute atomic E-state index is 0.180. The van der Waals surface area contributed by atoms with Gasteiger partial charge in [0.05, 0.1) is 0 Å². The quantitative estimate of drug-likeness (QED) is 0.846. The molecule has 2 unspecified atom stereocenters. The van der Waals surface area contributed by atoms with Crippen LogP contribution in [0.25, 0.3) is 5.95 Å². The zero-order valence-corrected chi connectivity index (χ0v) is 11.4. The van der Waals surface area contributed by atoms with Gasteiger partial charge >= 0.3 is 0 Å². The summed E-state index contributed by atoms with van der Waals surface area (Å²) in [4.78, 5) is 12.5. The first-order chi connectivity index (χ1) is 9.10. The summed E-state index contributed by atoms with van der Waals surface area (Å²) < 4.78 is 1.55. The summed E-state index contributed by atoms with van der Waals surface area (Å²) in [6, 6.07) is 2.06. The number of nitrogens with zero attached hydrogens (tertiary/aromatic N) is 5. The predicted octanol–water partition coefficient (Wildman–Crippen LogP) is 1.49. The Labute approximate surface area is 112 Å². The van der Waals surface area contributed by atoms with Crippen molar-refractivity contribution >= 4 is 11.9 Å². The fourth-order valence-corrected chi connectivity index (χ4v) is 1.63. The molecule has 0 amide bonds. The Kier molecular flexibility index (Phi) is 3.94. The molecular weight excluding hydrogens is 242 g/mol. The first kappa shape index (κ1) is 13.3. The molecule has 2 rings (SSSR count). The lowest BCUT2D eigenvalue weighted by molar-refractivity contribution is 0.492. The van der Waals surface area contributed by atoms with E-state index in [2.05, 4.69) is 46.1 Å². The Morgan fingerprint density at radius 1 is 1.32 bits per heavy atom. The Morgan fingerprint density at radius 2 is 2.11 bits per heavy atom. The van der Waals surface area contributed by atoms with Crippen LogP contribution >= 0.6 is 0 Å². The van der Waals surface area contributed by atoms with Crippen molar-refractivity contribution in [2.24, 2.45) is 5.92 Å². The van der Waals surface area contributed by atoms with Crippen molar-refractivity contribution in [3.8, 4) is 5.95 Å². The second-order valence-corrected chi connectivity index (χ2v) is 4.59. The highest BCUT2D eigenvalue weighted by molar-refractivity contribution is 5.35. The zero-order chi connectivity index (χ0) is 13.8. The largest absolute Gasteiger partial charge is 0.368 e. The van der Waals surface area contributed by atoms with Gasteiger partial charge in [-0.15, -0.1) is 0 Å². The maximum absolute atomic E-state index is 5.71. The summed E-state index contributed by atoms with van der Waals surface area (Å²) in [5.41, 5.74) is 5.71. The lowest BCUT2D eigenvalue weighted by Gasteiger charge is -2.19. The first-order valence-corrected chi connectivity index (χ1v) is 6.38. The maximum atomic E-state index is 5.71. The number of nitrogens with one attached hydrogen (secondary N) is 1. The number of hydrogen-bond acceptors (Lipinski definition) is 6.